The standard InChI is InChI=1S/C26H45N3O3/c1-27(14-8-9-15-29-16-18-31-19-17-29)20-23-10-6-7-13-26(23)32-22-25(30)21-28(2)24-11-4-3-5-12-24/h6-7,10,13,24-25,30H,3-5,8-9,11-12,14-22H2,1-2H3. The average molecular weight is 448 g/mol. The largest absolute Gasteiger partial charge is 0.491 e. The molecule has 1 aromatic rings. The van der Waals surface area contributed by atoms with E-state index in [1.165, 1.54) is 57.1 Å². The molecule has 1 saturated heterocycles. The Labute approximate surface area is 195 Å². The van der Waals surface area contributed by atoms with Crippen molar-refractivity contribution in [1.29, 1.82) is 0 Å². The van der Waals surface area contributed by atoms with Crippen LogP contribution in [0.5, 0.6) is 5.75 Å². The van der Waals surface area contributed by atoms with Gasteiger partial charge >= 0.3 is 0 Å². The number of aliphatic hydroxyl groups is 1. The molecule has 0 bridgehead atoms. The minimum Gasteiger partial charge on any atom is -0.491 e. The van der Waals surface area contributed by atoms with Gasteiger partial charge in [-0.05, 0) is 58.9 Å². The first-order valence-electron chi connectivity index (χ1n) is 12.7. The van der Waals surface area contributed by atoms with Crippen LogP contribution < -0.4 is 4.74 Å². The summed E-state index contributed by atoms with van der Waals surface area (Å²) in [5.74, 6) is 0.895. The number of hydrogen-bond acceptors (Lipinski definition) is 6. The molecule has 1 atom stereocenters. The monoisotopic (exact) mass is 447 g/mol. The van der Waals surface area contributed by atoms with Gasteiger partial charge in [-0.2, -0.15) is 0 Å². The molecule has 1 aliphatic heterocycles. The average Bonchev–Trinajstić information content (AvgIpc) is 2.82. The highest BCUT2D eigenvalue weighted by atomic mass is 16.5. The van der Waals surface area contributed by atoms with E-state index in [0.29, 0.717) is 19.2 Å². The van der Waals surface area contributed by atoms with Crippen molar-refractivity contribution in [1.82, 2.24) is 14.7 Å². The first-order valence-corrected chi connectivity index (χ1v) is 12.7. The predicted octanol–water partition coefficient (Wildman–Crippen LogP) is 3.24. The van der Waals surface area contributed by atoms with E-state index in [1.807, 2.05) is 12.1 Å². The maximum absolute atomic E-state index is 10.5. The molecule has 1 saturated carbocycles. The topological polar surface area (TPSA) is 48.4 Å². The molecule has 1 N–H and O–H groups in total. The van der Waals surface area contributed by atoms with Gasteiger partial charge in [-0.3, -0.25) is 4.90 Å². The van der Waals surface area contributed by atoms with Crippen molar-refractivity contribution < 1.29 is 14.6 Å². The number of rotatable bonds is 13. The van der Waals surface area contributed by atoms with Crippen molar-refractivity contribution in [3.8, 4) is 5.75 Å². The molecule has 1 aliphatic carbocycles. The molecular weight excluding hydrogens is 402 g/mol. The van der Waals surface area contributed by atoms with Crippen molar-refractivity contribution >= 4 is 0 Å². The maximum Gasteiger partial charge on any atom is 0.123 e. The molecule has 182 valence electrons. The Morgan fingerprint density at radius 3 is 2.62 bits per heavy atom. The number of nitrogens with zero attached hydrogens (tertiary/aromatic N) is 3. The van der Waals surface area contributed by atoms with Crippen LogP contribution in [0.1, 0.15) is 50.5 Å². The number of morpholine rings is 1. The third-order valence-corrected chi connectivity index (χ3v) is 6.91. The SMILES string of the molecule is CN(CCCCN1CCOCC1)Cc1ccccc1OCC(O)CN(C)C1CCCCC1. The maximum atomic E-state index is 10.5. The number of benzene rings is 1. The number of ether oxygens (including phenoxy) is 2. The van der Waals surface area contributed by atoms with Crippen LogP contribution in [-0.2, 0) is 11.3 Å². The highest BCUT2D eigenvalue weighted by Gasteiger charge is 2.20. The van der Waals surface area contributed by atoms with Gasteiger partial charge in [0.05, 0.1) is 13.2 Å². The van der Waals surface area contributed by atoms with Gasteiger partial charge in [0.1, 0.15) is 18.5 Å². The highest BCUT2D eigenvalue weighted by Crippen LogP contribution is 2.22. The van der Waals surface area contributed by atoms with Crippen LogP contribution in [0, 0.1) is 0 Å². The van der Waals surface area contributed by atoms with E-state index in [-0.39, 0.29) is 0 Å². The molecule has 32 heavy (non-hydrogen) atoms. The van der Waals surface area contributed by atoms with Crippen LogP contribution in [0.25, 0.3) is 0 Å². The van der Waals surface area contributed by atoms with Crippen LogP contribution in [0.4, 0.5) is 0 Å². The van der Waals surface area contributed by atoms with Crippen LogP contribution in [0.2, 0.25) is 0 Å². The lowest BCUT2D eigenvalue weighted by atomic mass is 9.94. The molecule has 0 spiro atoms. The van der Waals surface area contributed by atoms with E-state index < -0.39 is 6.10 Å². The predicted molar refractivity (Wildman–Crippen MR) is 130 cm³/mol. The minimum absolute atomic E-state index is 0.345. The number of para-hydroxylation sites is 1. The molecule has 1 unspecified atom stereocenters. The highest BCUT2D eigenvalue weighted by molar-refractivity contribution is 5.33. The summed E-state index contributed by atoms with van der Waals surface area (Å²) in [4.78, 5) is 7.20. The zero-order valence-corrected chi connectivity index (χ0v) is 20.4. The summed E-state index contributed by atoms with van der Waals surface area (Å²) in [6.07, 6.45) is 8.46. The van der Waals surface area contributed by atoms with E-state index >= 15 is 0 Å². The second-order valence-electron chi connectivity index (χ2n) is 9.70. The fourth-order valence-corrected chi connectivity index (χ4v) is 4.93. The number of likely N-dealkylation sites (N-methyl/N-ethyl adjacent to an activating group) is 1. The third kappa shape index (κ3) is 8.99. The fourth-order valence-electron chi connectivity index (χ4n) is 4.93. The number of hydrogen-bond donors (Lipinski definition) is 1. The summed E-state index contributed by atoms with van der Waals surface area (Å²) in [5, 5.41) is 10.5. The zero-order chi connectivity index (χ0) is 22.6. The molecule has 2 aliphatic rings. The fraction of sp³-hybridized carbons (Fsp3) is 0.769. The van der Waals surface area contributed by atoms with Crippen molar-refractivity contribution in [2.45, 2.75) is 63.6 Å². The van der Waals surface area contributed by atoms with E-state index in [9.17, 15) is 5.11 Å². The Morgan fingerprint density at radius 1 is 1.09 bits per heavy atom. The van der Waals surface area contributed by atoms with Gasteiger partial charge in [0.25, 0.3) is 0 Å². The zero-order valence-electron chi connectivity index (χ0n) is 20.4. The summed E-state index contributed by atoms with van der Waals surface area (Å²) < 4.78 is 11.5. The number of aliphatic hydroxyl groups excluding tert-OH is 1. The minimum atomic E-state index is -0.465. The Morgan fingerprint density at radius 2 is 1.84 bits per heavy atom. The lowest BCUT2D eigenvalue weighted by molar-refractivity contribution is 0.0369. The van der Waals surface area contributed by atoms with E-state index in [1.54, 1.807) is 0 Å². The van der Waals surface area contributed by atoms with Gasteiger partial charge in [-0.25, -0.2) is 0 Å². The first kappa shape index (κ1) is 25.4. The summed E-state index contributed by atoms with van der Waals surface area (Å²) in [6.45, 7) is 8.03. The second-order valence-corrected chi connectivity index (χ2v) is 9.70. The molecule has 3 rings (SSSR count). The van der Waals surface area contributed by atoms with Crippen LogP contribution in [0.3, 0.4) is 0 Å². The van der Waals surface area contributed by atoms with Crippen molar-refractivity contribution in [2.24, 2.45) is 0 Å². The molecule has 6 nitrogen and oxygen atoms in total. The Hall–Kier alpha value is -1.18. The summed E-state index contributed by atoms with van der Waals surface area (Å²) in [6, 6.07) is 8.87. The molecule has 1 heterocycles. The lowest BCUT2D eigenvalue weighted by Crippen LogP contribution is -2.40. The van der Waals surface area contributed by atoms with Gasteiger partial charge in [-0.1, -0.05) is 37.5 Å². The summed E-state index contributed by atoms with van der Waals surface area (Å²) >= 11 is 0. The van der Waals surface area contributed by atoms with Gasteiger partial charge in [0.15, 0.2) is 0 Å². The number of unbranched alkanes of at least 4 members (excludes halogenated alkanes) is 1. The van der Waals surface area contributed by atoms with E-state index in [0.717, 1.165) is 45.1 Å². The molecular formula is C26H45N3O3. The molecule has 6 heteroatoms. The first-order chi connectivity index (χ1) is 15.6. The van der Waals surface area contributed by atoms with Gasteiger partial charge in [0.2, 0.25) is 0 Å². The lowest BCUT2D eigenvalue weighted by Gasteiger charge is -2.32. The van der Waals surface area contributed by atoms with Crippen LogP contribution in [0.15, 0.2) is 24.3 Å². The molecule has 0 aromatic heterocycles. The smallest absolute Gasteiger partial charge is 0.123 e. The van der Waals surface area contributed by atoms with Crippen molar-refractivity contribution in [3.63, 3.8) is 0 Å². The van der Waals surface area contributed by atoms with Crippen molar-refractivity contribution in [2.75, 3.05) is 66.6 Å². The van der Waals surface area contributed by atoms with Gasteiger partial charge < -0.3 is 24.4 Å². The van der Waals surface area contributed by atoms with Gasteiger partial charge in [0, 0.05) is 37.8 Å². The van der Waals surface area contributed by atoms with E-state index in [2.05, 4.69) is 40.9 Å². The third-order valence-electron chi connectivity index (χ3n) is 6.91. The van der Waals surface area contributed by atoms with E-state index in [4.69, 9.17) is 9.47 Å². The molecule has 0 radical (unpaired) electrons. The molecule has 0 amide bonds. The van der Waals surface area contributed by atoms with Gasteiger partial charge in [-0.15, -0.1) is 0 Å². The second kappa shape index (κ2) is 14.2. The summed E-state index contributed by atoms with van der Waals surface area (Å²) in [5.41, 5.74) is 1.19. The summed E-state index contributed by atoms with van der Waals surface area (Å²) in [7, 11) is 4.32. The molecule has 1 aromatic carbocycles. The Bertz CT molecular complexity index is 632. The molecule has 2 fully saturated rings. The Kier molecular flexibility index (Phi) is 11.3. The quantitative estimate of drug-likeness (QED) is 0.469. The van der Waals surface area contributed by atoms with Crippen molar-refractivity contribution in [3.05, 3.63) is 29.8 Å². The normalized spacial score (nSPS) is 19.5. The Balaban J connectivity index is 1.36. The van der Waals surface area contributed by atoms with Crippen LogP contribution in [-0.4, -0.2) is 98.6 Å². The van der Waals surface area contributed by atoms with Crippen LogP contribution >= 0.6 is 0 Å².